The summed E-state index contributed by atoms with van der Waals surface area (Å²) < 4.78 is 32.7. The number of nitrogens with zero attached hydrogens (tertiary/aromatic N) is 1. The third kappa shape index (κ3) is 4.79. The number of nitrogens with one attached hydrogen (secondary N) is 2. The maximum atomic E-state index is 12.7. The molecule has 2 heterocycles. The molecule has 0 radical (unpaired) electrons. The van der Waals surface area contributed by atoms with Crippen LogP contribution in [-0.4, -0.2) is 92.5 Å². The monoisotopic (exact) mass is 453 g/mol. The van der Waals surface area contributed by atoms with Crippen molar-refractivity contribution in [1.29, 1.82) is 0 Å². The number of hydrogen-bond donors (Lipinski definition) is 4. The molecular weight excluding hydrogens is 433 g/mol. The molecule has 2 amide bonds. The molecule has 4 atom stereocenters. The van der Waals surface area contributed by atoms with Gasteiger partial charge in [-0.3, -0.25) is 14.1 Å². The molecule has 2 aliphatic heterocycles. The van der Waals surface area contributed by atoms with Gasteiger partial charge in [0.2, 0.25) is 11.8 Å². The Balaban J connectivity index is 0.00000300. The minimum atomic E-state index is -4.70. The van der Waals surface area contributed by atoms with Crippen molar-refractivity contribution in [1.82, 2.24) is 14.9 Å². The Morgan fingerprint density at radius 1 is 1.24 bits per heavy atom. The van der Waals surface area contributed by atoms with Crippen LogP contribution in [0.2, 0.25) is 0 Å². The normalized spacial score (nSPS) is 26.0. The van der Waals surface area contributed by atoms with E-state index < -0.39 is 56.3 Å². The van der Waals surface area contributed by atoms with E-state index in [0.717, 1.165) is 0 Å². The summed E-state index contributed by atoms with van der Waals surface area (Å²) in [6, 6.07) is 4.36. The number of benzene rings is 1. The van der Waals surface area contributed by atoms with Crippen molar-refractivity contribution in [3.63, 3.8) is 0 Å². The van der Waals surface area contributed by atoms with Crippen molar-refractivity contribution in [2.45, 2.75) is 42.1 Å². The first-order chi connectivity index (χ1) is 12.9. The molecule has 0 aliphatic carbocycles. The van der Waals surface area contributed by atoms with Crippen molar-refractivity contribution in [2.24, 2.45) is 0 Å². The number of β-lactam (4-membered cyclic amide) rings is 1. The SMILES string of the molecule is CC1(C)S[C@@H]2[C@H](NC(=O)C(NS(=O)(=O)O)c3ccccc3)C(=O)N2[C@H]1C(=O)O.[NaH]. The Bertz CT molecular complexity index is 926. The third-order valence-electron chi connectivity index (χ3n) is 4.63. The number of fused-ring (bicyclic) bond motifs is 1. The van der Waals surface area contributed by atoms with Gasteiger partial charge in [-0.25, -0.2) is 4.79 Å². The second kappa shape index (κ2) is 8.53. The van der Waals surface area contributed by atoms with Gasteiger partial charge >= 0.3 is 45.8 Å². The molecule has 2 fully saturated rings. The van der Waals surface area contributed by atoms with Gasteiger partial charge in [0.1, 0.15) is 23.5 Å². The summed E-state index contributed by atoms with van der Waals surface area (Å²) in [4.78, 5) is 37.9. The molecule has 0 aromatic heterocycles. The molecule has 3 rings (SSSR count). The van der Waals surface area contributed by atoms with E-state index in [9.17, 15) is 27.9 Å². The molecule has 0 spiro atoms. The van der Waals surface area contributed by atoms with Crippen molar-refractivity contribution in [2.75, 3.05) is 0 Å². The summed E-state index contributed by atoms with van der Waals surface area (Å²) in [7, 11) is -4.70. The molecule has 1 aromatic rings. The number of thioether (sulfide) groups is 1. The van der Waals surface area contributed by atoms with Crippen LogP contribution in [0.5, 0.6) is 0 Å². The van der Waals surface area contributed by atoms with Crippen LogP contribution >= 0.6 is 11.8 Å². The fraction of sp³-hybridized carbons (Fsp3) is 0.438. The summed E-state index contributed by atoms with van der Waals surface area (Å²) in [6.45, 7) is 3.40. The van der Waals surface area contributed by atoms with Crippen molar-refractivity contribution in [3.05, 3.63) is 35.9 Å². The number of carboxylic acids is 1. The molecule has 2 aliphatic rings. The van der Waals surface area contributed by atoms with E-state index in [0.29, 0.717) is 0 Å². The molecule has 1 unspecified atom stereocenters. The zero-order valence-corrected chi connectivity index (χ0v) is 16.5. The molecule has 0 saturated carbocycles. The van der Waals surface area contributed by atoms with Crippen LogP contribution in [0.15, 0.2) is 30.3 Å². The number of carbonyl (C=O) groups excluding carboxylic acids is 2. The average Bonchev–Trinajstić information content (AvgIpc) is 2.85. The molecule has 10 nitrogen and oxygen atoms in total. The quantitative estimate of drug-likeness (QED) is 0.246. The van der Waals surface area contributed by atoms with Gasteiger partial charge in [-0.15, -0.1) is 11.8 Å². The molecule has 1 aromatic carbocycles. The Morgan fingerprint density at radius 2 is 1.83 bits per heavy atom. The van der Waals surface area contributed by atoms with Crippen LogP contribution < -0.4 is 10.0 Å². The fourth-order valence-corrected chi connectivity index (χ4v) is 5.62. The van der Waals surface area contributed by atoms with Crippen molar-refractivity contribution >= 4 is 69.4 Å². The molecular formula is C16H20N3NaO7S2. The van der Waals surface area contributed by atoms with Crippen LogP contribution in [0.4, 0.5) is 0 Å². The second-order valence-corrected chi connectivity index (χ2v) is 9.98. The van der Waals surface area contributed by atoms with E-state index in [1.165, 1.54) is 28.8 Å². The Hall–Kier alpha value is -1.15. The van der Waals surface area contributed by atoms with E-state index in [-0.39, 0.29) is 35.1 Å². The third-order valence-corrected chi connectivity index (χ3v) is 6.74. The first kappa shape index (κ1) is 24.1. The van der Waals surface area contributed by atoms with E-state index in [2.05, 4.69) is 5.32 Å². The number of carbonyl (C=O) groups is 3. The molecule has 0 bridgehead atoms. The first-order valence-corrected chi connectivity index (χ1v) is 10.6. The van der Waals surface area contributed by atoms with Gasteiger partial charge in [0.25, 0.3) is 0 Å². The Morgan fingerprint density at radius 3 is 2.34 bits per heavy atom. The van der Waals surface area contributed by atoms with E-state index in [1.807, 2.05) is 4.72 Å². The van der Waals surface area contributed by atoms with Gasteiger partial charge in [-0.1, -0.05) is 30.3 Å². The van der Waals surface area contributed by atoms with E-state index in [4.69, 9.17) is 4.55 Å². The predicted molar refractivity (Wildman–Crippen MR) is 107 cm³/mol. The van der Waals surface area contributed by atoms with Gasteiger partial charge in [-0.05, 0) is 19.4 Å². The average molecular weight is 453 g/mol. The van der Waals surface area contributed by atoms with Gasteiger partial charge in [-0.2, -0.15) is 13.1 Å². The Labute approximate surface area is 194 Å². The Kier molecular flexibility index (Phi) is 7.10. The molecule has 29 heavy (non-hydrogen) atoms. The molecule has 4 N–H and O–H groups in total. The van der Waals surface area contributed by atoms with Crippen LogP contribution in [-0.2, 0) is 24.7 Å². The molecule has 13 heteroatoms. The standard InChI is InChI=1S/C16H19N3O7S2.Na.H/c1-16(2)11(15(22)23)19-13(21)10(14(19)27-16)17-12(20)9(18-28(24,25)26)8-6-4-3-5-7-8;;/h3-7,9-11,14,18H,1-2H3,(H,17,20)(H,22,23)(H,24,25,26);;/t9?,10-,11+,14-;;/m1../s1. The van der Waals surface area contributed by atoms with Gasteiger partial charge < -0.3 is 15.3 Å². The summed E-state index contributed by atoms with van der Waals surface area (Å²) >= 11 is 1.25. The van der Waals surface area contributed by atoms with Crippen LogP contribution in [0, 0.1) is 0 Å². The van der Waals surface area contributed by atoms with Gasteiger partial charge in [0.15, 0.2) is 0 Å². The van der Waals surface area contributed by atoms with Crippen molar-refractivity contribution < 1.29 is 32.5 Å². The zero-order valence-electron chi connectivity index (χ0n) is 14.9. The summed E-state index contributed by atoms with van der Waals surface area (Å²) in [5, 5.41) is 11.3. The number of carboxylic acid groups (broad SMARTS) is 1. The second-order valence-electron chi connectivity index (χ2n) is 7.02. The number of hydrogen-bond acceptors (Lipinski definition) is 6. The molecule has 2 saturated heterocycles. The minimum absolute atomic E-state index is 0. The van der Waals surface area contributed by atoms with Crippen LogP contribution in [0.25, 0.3) is 0 Å². The van der Waals surface area contributed by atoms with Crippen molar-refractivity contribution in [3.8, 4) is 0 Å². The van der Waals surface area contributed by atoms with Gasteiger partial charge in [0.05, 0.1) is 0 Å². The first-order valence-electron chi connectivity index (χ1n) is 8.25. The topological polar surface area (TPSA) is 153 Å². The summed E-state index contributed by atoms with van der Waals surface area (Å²) in [5.41, 5.74) is 0.268. The summed E-state index contributed by atoms with van der Waals surface area (Å²) in [6.07, 6.45) is 0. The molecule has 154 valence electrons. The number of amides is 2. The van der Waals surface area contributed by atoms with Crippen LogP contribution in [0.3, 0.4) is 0 Å². The van der Waals surface area contributed by atoms with E-state index >= 15 is 0 Å². The zero-order chi connectivity index (χ0) is 20.9. The summed E-state index contributed by atoms with van der Waals surface area (Å²) in [5.74, 6) is -2.52. The predicted octanol–water partition coefficient (Wildman–Crippen LogP) is -0.897. The maximum absolute atomic E-state index is 12.7. The number of aliphatic carboxylic acids is 1. The number of rotatable bonds is 6. The fourth-order valence-electron chi connectivity index (χ4n) is 3.45. The van der Waals surface area contributed by atoms with E-state index in [1.54, 1.807) is 32.0 Å². The van der Waals surface area contributed by atoms with Gasteiger partial charge in [0, 0.05) is 4.75 Å². The van der Waals surface area contributed by atoms with Crippen LogP contribution in [0.1, 0.15) is 25.5 Å².